The van der Waals surface area contributed by atoms with Gasteiger partial charge in [0.15, 0.2) is 0 Å². The molecule has 0 spiro atoms. The largest absolute Gasteiger partial charge is 0.480 e. The van der Waals surface area contributed by atoms with Crippen LogP contribution < -0.4 is 10.6 Å². The van der Waals surface area contributed by atoms with Crippen LogP contribution in [0, 0.1) is 0 Å². The van der Waals surface area contributed by atoms with Crippen molar-refractivity contribution in [3.63, 3.8) is 0 Å². The molecule has 112 valence electrons. The van der Waals surface area contributed by atoms with E-state index in [4.69, 9.17) is 5.11 Å². The standard InChI is InChI=1S/C12H20N4O4/c1-3-12(2,9(17)18)14-11(20)15-4-5-16-8(7-15)6-13-10(16)19/h8H,3-7H2,1-2H3,(H,13,19)(H,14,20)(H,17,18). The summed E-state index contributed by atoms with van der Waals surface area (Å²) in [5.74, 6) is -1.05. The Morgan fingerprint density at radius 2 is 2.20 bits per heavy atom. The first-order valence-corrected chi connectivity index (χ1v) is 6.72. The molecule has 2 atom stereocenters. The van der Waals surface area contributed by atoms with E-state index in [0.29, 0.717) is 32.6 Å². The van der Waals surface area contributed by atoms with Crippen molar-refractivity contribution in [2.45, 2.75) is 31.8 Å². The molecule has 20 heavy (non-hydrogen) atoms. The summed E-state index contributed by atoms with van der Waals surface area (Å²) in [6.45, 7) is 5.03. The van der Waals surface area contributed by atoms with Crippen LogP contribution in [-0.2, 0) is 4.79 Å². The molecule has 0 aromatic rings. The Morgan fingerprint density at radius 1 is 1.50 bits per heavy atom. The summed E-state index contributed by atoms with van der Waals surface area (Å²) in [5.41, 5.74) is -1.27. The normalized spacial score (nSPS) is 24.7. The lowest BCUT2D eigenvalue weighted by molar-refractivity contribution is -0.143. The minimum atomic E-state index is -1.27. The van der Waals surface area contributed by atoms with Crippen molar-refractivity contribution < 1.29 is 19.5 Å². The van der Waals surface area contributed by atoms with Gasteiger partial charge in [0, 0.05) is 26.2 Å². The SMILES string of the molecule is CCC(C)(NC(=O)N1CCN2C(=O)NCC2C1)C(=O)O. The molecule has 0 aromatic heterocycles. The molecule has 8 heteroatoms. The number of piperazine rings is 1. The lowest BCUT2D eigenvalue weighted by atomic mass is 9.99. The van der Waals surface area contributed by atoms with Crippen molar-refractivity contribution in [3.05, 3.63) is 0 Å². The lowest BCUT2D eigenvalue weighted by Gasteiger charge is -2.38. The number of hydrogen-bond donors (Lipinski definition) is 3. The van der Waals surface area contributed by atoms with Crippen molar-refractivity contribution in [2.75, 3.05) is 26.2 Å². The minimum Gasteiger partial charge on any atom is -0.480 e. The number of carboxylic acid groups (broad SMARTS) is 1. The summed E-state index contributed by atoms with van der Waals surface area (Å²) >= 11 is 0. The Hall–Kier alpha value is -1.99. The number of nitrogens with zero attached hydrogens (tertiary/aromatic N) is 2. The first kappa shape index (κ1) is 14.4. The second kappa shape index (κ2) is 5.18. The molecule has 0 bridgehead atoms. The highest BCUT2D eigenvalue weighted by molar-refractivity contribution is 5.86. The van der Waals surface area contributed by atoms with Crippen molar-refractivity contribution in [1.29, 1.82) is 0 Å². The van der Waals surface area contributed by atoms with Crippen LogP contribution in [0.25, 0.3) is 0 Å². The average Bonchev–Trinajstić information content (AvgIpc) is 2.79. The first-order chi connectivity index (χ1) is 9.37. The van der Waals surface area contributed by atoms with E-state index in [1.54, 1.807) is 16.7 Å². The monoisotopic (exact) mass is 284 g/mol. The Kier molecular flexibility index (Phi) is 3.74. The zero-order chi connectivity index (χ0) is 14.9. The van der Waals surface area contributed by atoms with E-state index >= 15 is 0 Å². The number of hydrogen-bond acceptors (Lipinski definition) is 3. The smallest absolute Gasteiger partial charge is 0.329 e. The van der Waals surface area contributed by atoms with Gasteiger partial charge in [-0.1, -0.05) is 6.92 Å². The van der Waals surface area contributed by atoms with Gasteiger partial charge in [-0.2, -0.15) is 0 Å². The van der Waals surface area contributed by atoms with Gasteiger partial charge in [-0.25, -0.2) is 14.4 Å². The molecule has 2 unspecified atom stereocenters. The zero-order valence-electron chi connectivity index (χ0n) is 11.7. The van der Waals surface area contributed by atoms with Crippen LogP contribution in [0.3, 0.4) is 0 Å². The molecule has 2 saturated heterocycles. The highest BCUT2D eigenvalue weighted by Crippen LogP contribution is 2.16. The van der Waals surface area contributed by atoms with Crippen LogP contribution in [0.5, 0.6) is 0 Å². The van der Waals surface area contributed by atoms with E-state index in [0.717, 1.165) is 0 Å². The fourth-order valence-electron chi connectivity index (χ4n) is 2.40. The summed E-state index contributed by atoms with van der Waals surface area (Å²) in [7, 11) is 0. The molecule has 0 aliphatic carbocycles. The number of aliphatic carboxylic acids is 1. The summed E-state index contributed by atoms with van der Waals surface area (Å²) < 4.78 is 0. The maximum absolute atomic E-state index is 12.2. The maximum atomic E-state index is 12.2. The molecule has 0 saturated carbocycles. The van der Waals surface area contributed by atoms with Gasteiger partial charge >= 0.3 is 18.0 Å². The molecular formula is C12H20N4O4. The molecule has 2 heterocycles. The van der Waals surface area contributed by atoms with E-state index in [9.17, 15) is 14.4 Å². The predicted octanol–water partition coefficient (Wildman–Crippen LogP) is -0.341. The predicted molar refractivity (Wildman–Crippen MR) is 70.3 cm³/mol. The van der Waals surface area contributed by atoms with E-state index in [2.05, 4.69) is 10.6 Å². The van der Waals surface area contributed by atoms with Gasteiger partial charge in [-0.3, -0.25) is 0 Å². The lowest BCUT2D eigenvalue weighted by Crippen LogP contribution is -2.60. The van der Waals surface area contributed by atoms with Gasteiger partial charge in [0.1, 0.15) is 5.54 Å². The van der Waals surface area contributed by atoms with Gasteiger partial charge < -0.3 is 25.5 Å². The minimum absolute atomic E-state index is 0.0280. The molecule has 4 amide bonds. The number of urea groups is 2. The number of carboxylic acids is 1. The molecule has 2 fully saturated rings. The number of carbonyl (C=O) groups is 3. The average molecular weight is 284 g/mol. The van der Waals surface area contributed by atoms with Crippen molar-refractivity contribution >= 4 is 18.0 Å². The number of rotatable bonds is 3. The Morgan fingerprint density at radius 3 is 2.80 bits per heavy atom. The second-order valence-electron chi connectivity index (χ2n) is 5.40. The van der Waals surface area contributed by atoms with Crippen molar-refractivity contribution in [2.24, 2.45) is 0 Å². The van der Waals surface area contributed by atoms with Gasteiger partial charge in [0.25, 0.3) is 0 Å². The summed E-state index contributed by atoms with van der Waals surface area (Å²) in [5, 5.41) is 14.5. The fraction of sp³-hybridized carbons (Fsp3) is 0.750. The van der Waals surface area contributed by atoms with Crippen LogP contribution in [-0.4, -0.2) is 70.7 Å². The highest BCUT2D eigenvalue weighted by Gasteiger charge is 2.39. The molecule has 8 nitrogen and oxygen atoms in total. The third-order valence-electron chi connectivity index (χ3n) is 4.08. The van der Waals surface area contributed by atoms with Gasteiger partial charge in [-0.15, -0.1) is 0 Å². The van der Waals surface area contributed by atoms with E-state index in [1.807, 2.05) is 0 Å². The van der Waals surface area contributed by atoms with Gasteiger partial charge in [-0.05, 0) is 13.3 Å². The first-order valence-electron chi connectivity index (χ1n) is 6.72. The molecule has 2 aliphatic heterocycles. The zero-order valence-corrected chi connectivity index (χ0v) is 11.7. The van der Waals surface area contributed by atoms with Crippen molar-refractivity contribution in [3.8, 4) is 0 Å². The summed E-state index contributed by atoms with van der Waals surface area (Å²) in [6.07, 6.45) is 0.303. The molecule has 2 aliphatic rings. The summed E-state index contributed by atoms with van der Waals surface area (Å²) in [4.78, 5) is 38.1. The van der Waals surface area contributed by atoms with E-state index in [1.165, 1.54) is 6.92 Å². The highest BCUT2D eigenvalue weighted by atomic mass is 16.4. The topological polar surface area (TPSA) is 102 Å². The van der Waals surface area contributed by atoms with Gasteiger partial charge in [0.2, 0.25) is 0 Å². The molecule has 3 N–H and O–H groups in total. The Labute approximate surface area is 117 Å². The van der Waals surface area contributed by atoms with E-state index < -0.39 is 17.5 Å². The summed E-state index contributed by atoms with van der Waals surface area (Å²) in [6, 6.07) is -0.519. The molecule has 0 radical (unpaired) electrons. The third-order valence-corrected chi connectivity index (χ3v) is 4.08. The Balaban J connectivity index is 1.97. The maximum Gasteiger partial charge on any atom is 0.329 e. The second-order valence-corrected chi connectivity index (χ2v) is 5.40. The molecule has 0 aromatic carbocycles. The number of nitrogens with one attached hydrogen (secondary N) is 2. The van der Waals surface area contributed by atoms with Crippen LogP contribution in [0.4, 0.5) is 9.59 Å². The fourth-order valence-corrected chi connectivity index (χ4v) is 2.40. The molecule has 2 rings (SSSR count). The Bertz CT molecular complexity index is 441. The number of fused-ring (bicyclic) bond motifs is 1. The van der Waals surface area contributed by atoms with Crippen LogP contribution in [0.1, 0.15) is 20.3 Å². The van der Waals surface area contributed by atoms with Crippen LogP contribution >= 0.6 is 0 Å². The van der Waals surface area contributed by atoms with Crippen LogP contribution in [0.2, 0.25) is 0 Å². The van der Waals surface area contributed by atoms with Gasteiger partial charge in [0.05, 0.1) is 6.04 Å². The van der Waals surface area contributed by atoms with Crippen molar-refractivity contribution in [1.82, 2.24) is 20.4 Å². The quantitative estimate of drug-likeness (QED) is 0.659. The third kappa shape index (κ3) is 2.50. The van der Waals surface area contributed by atoms with E-state index in [-0.39, 0.29) is 12.1 Å². The molecular weight excluding hydrogens is 264 g/mol. The number of amides is 4. The number of carbonyl (C=O) groups excluding carboxylic acids is 2. The van der Waals surface area contributed by atoms with Crippen LogP contribution in [0.15, 0.2) is 0 Å².